The lowest BCUT2D eigenvalue weighted by molar-refractivity contribution is -0.667. The first-order chi connectivity index (χ1) is 18.1. The van der Waals surface area contributed by atoms with Crippen molar-refractivity contribution in [3.63, 3.8) is 0 Å². The van der Waals surface area contributed by atoms with E-state index < -0.39 is 31.8 Å². The number of pyridine rings is 2. The highest BCUT2D eigenvalue weighted by atomic mass is 19.4. The summed E-state index contributed by atoms with van der Waals surface area (Å²) in [6.45, 7) is 0. The van der Waals surface area contributed by atoms with Gasteiger partial charge in [-0.1, -0.05) is 25.6 Å². The number of aliphatic hydroxyl groups excluding tert-OH is 1. The Morgan fingerprint density at radius 1 is 0.927 bits per heavy atom. The molecule has 1 unspecified atom stereocenters. The number of imidazole rings is 1. The van der Waals surface area contributed by atoms with E-state index in [4.69, 9.17) is 5.11 Å². The molecule has 0 aliphatic carbocycles. The molecule has 0 fully saturated rings. The second-order valence-corrected chi connectivity index (χ2v) is 7.31. The maximum absolute atomic E-state index is 12.7. The van der Waals surface area contributed by atoms with Crippen LogP contribution in [0.15, 0.2) is 73.3 Å². The van der Waals surface area contributed by atoms with Gasteiger partial charge in [0, 0.05) is 35.9 Å². The molecule has 0 radical (unpaired) electrons. The second kappa shape index (κ2) is 17.6. The average molecular weight is 602 g/mol. The van der Waals surface area contributed by atoms with Crippen molar-refractivity contribution >= 4 is 24.9 Å². The number of aromatic nitrogens is 4. The summed E-state index contributed by atoms with van der Waals surface area (Å²) >= 11 is 0. The van der Waals surface area contributed by atoms with E-state index in [0.29, 0.717) is 16.6 Å². The van der Waals surface area contributed by atoms with E-state index in [2.05, 4.69) is 9.97 Å². The highest BCUT2D eigenvalue weighted by Gasteiger charge is 2.45. The molecule has 3 heterocycles. The standard InChI is InChI=1S/C10H10F3N2.C7H6F3NO.C6H5NO.CH4.BF3.FH/c1-14-7-5-3-4-6-8(7)15(2)9(14)10(11,12)13;8-7(9,10)6(12)5-2-1-3-11-4-5;8-5-6-2-1-3-7-4-6;;2-1(3)4;/h3-6H,1-2H3;1-4,6,12H;1-5H;1H4;;1H/q+1;;;;;/p-1. The molecule has 4 aromatic rings. The predicted molar refractivity (Wildman–Crippen MR) is 130 cm³/mol. The lowest BCUT2D eigenvalue weighted by Crippen LogP contribution is -3.00. The van der Waals surface area contributed by atoms with Gasteiger partial charge in [-0.25, -0.2) is 9.13 Å². The summed E-state index contributed by atoms with van der Waals surface area (Å²) in [6.07, 6.45) is -5.14. The summed E-state index contributed by atoms with van der Waals surface area (Å²) in [7, 11) is -0.823. The maximum Gasteiger partial charge on any atom is 0.762 e. The molecule has 4 rings (SSSR count). The summed E-state index contributed by atoms with van der Waals surface area (Å²) in [4.78, 5) is 17.2. The van der Waals surface area contributed by atoms with Crippen LogP contribution in [0.1, 0.15) is 35.3 Å². The SMILES string of the molecule is C.Cn1c(C(F)(F)F)[n+](C)c2ccccc21.FB(F)F.O=Cc1cccnc1.OC(c1cccnc1)C(F)(F)F.[F-]. The zero-order valence-corrected chi connectivity index (χ0v) is 20.6. The molecule has 0 amide bonds. The van der Waals surface area contributed by atoms with Gasteiger partial charge in [0.1, 0.15) is 0 Å². The van der Waals surface area contributed by atoms with Gasteiger partial charge >= 0.3 is 25.7 Å². The van der Waals surface area contributed by atoms with Gasteiger partial charge in [-0.05, 0) is 30.3 Å². The summed E-state index contributed by atoms with van der Waals surface area (Å²) in [6, 6.07) is 12.7. The quantitative estimate of drug-likeness (QED) is 0.166. The number of aryl methyl sites for hydroxylation is 2. The first-order valence-electron chi connectivity index (χ1n) is 10.5. The van der Waals surface area contributed by atoms with Gasteiger partial charge in [-0.2, -0.15) is 26.3 Å². The van der Waals surface area contributed by atoms with Gasteiger partial charge < -0.3 is 9.81 Å². The Balaban J connectivity index is 0. The molecule has 0 saturated heterocycles. The number of aldehydes is 1. The summed E-state index contributed by atoms with van der Waals surface area (Å²) in [5.41, 5.74) is 1.53. The lowest BCUT2D eigenvalue weighted by atomic mass is 10.1. The van der Waals surface area contributed by atoms with Crippen LogP contribution >= 0.6 is 0 Å². The fourth-order valence-corrected chi connectivity index (χ4v) is 3.04. The van der Waals surface area contributed by atoms with E-state index in [1.54, 1.807) is 42.6 Å². The number of nitrogens with zero attached hydrogens (tertiary/aromatic N) is 4. The molecule has 17 heteroatoms. The molecule has 0 saturated carbocycles. The highest BCUT2D eigenvalue weighted by molar-refractivity contribution is 6.33. The smallest absolute Gasteiger partial charge is 0.762 e. The number of para-hydroxylation sites is 2. The third kappa shape index (κ3) is 12.8. The van der Waals surface area contributed by atoms with E-state index in [0.717, 1.165) is 21.6 Å². The van der Waals surface area contributed by atoms with Crippen molar-refractivity contribution in [3.05, 3.63) is 90.3 Å². The van der Waals surface area contributed by atoms with Gasteiger partial charge in [0.2, 0.25) is 0 Å². The van der Waals surface area contributed by atoms with Gasteiger partial charge in [0.25, 0.3) is 0 Å². The van der Waals surface area contributed by atoms with Crippen molar-refractivity contribution in [2.45, 2.75) is 25.9 Å². The Morgan fingerprint density at radius 2 is 1.44 bits per heavy atom. The molecular formula is C24H25BF10N4O2. The summed E-state index contributed by atoms with van der Waals surface area (Å²) < 4.78 is 105. The molecule has 0 aliphatic rings. The molecule has 0 bridgehead atoms. The number of carbonyl (C=O) groups excluding carboxylic acids is 1. The van der Waals surface area contributed by atoms with Crippen molar-refractivity contribution in [1.29, 1.82) is 0 Å². The molecule has 0 aliphatic heterocycles. The minimum Gasteiger partial charge on any atom is -1.00 e. The van der Waals surface area contributed by atoms with E-state index in [1.165, 1.54) is 38.6 Å². The summed E-state index contributed by atoms with van der Waals surface area (Å²) in [5.74, 6) is -0.649. The Morgan fingerprint density at radius 3 is 1.80 bits per heavy atom. The number of aliphatic hydroxyl groups is 1. The summed E-state index contributed by atoms with van der Waals surface area (Å²) in [5, 5.41) is 8.69. The molecule has 3 aromatic heterocycles. The fourth-order valence-electron chi connectivity index (χ4n) is 3.04. The number of carbonyl (C=O) groups is 1. The molecular weight excluding hydrogens is 577 g/mol. The Bertz CT molecular complexity index is 1250. The third-order valence-corrected chi connectivity index (χ3v) is 4.62. The number of hydrogen-bond donors (Lipinski definition) is 1. The van der Waals surface area contributed by atoms with Crippen LogP contribution in [-0.2, 0) is 20.3 Å². The molecule has 1 N–H and O–H groups in total. The van der Waals surface area contributed by atoms with E-state index >= 15 is 0 Å². The van der Waals surface area contributed by atoms with Crippen molar-refractivity contribution in [1.82, 2.24) is 14.5 Å². The Labute approximate surface area is 228 Å². The maximum atomic E-state index is 12.7. The number of rotatable bonds is 2. The lowest BCUT2D eigenvalue weighted by Gasteiger charge is -2.13. The van der Waals surface area contributed by atoms with Crippen LogP contribution in [0.25, 0.3) is 11.0 Å². The highest BCUT2D eigenvalue weighted by Crippen LogP contribution is 2.31. The average Bonchev–Trinajstić information content (AvgIpc) is 3.14. The third-order valence-electron chi connectivity index (χ3n) is 4.62. The number of halogens is 10. The van der Waals surface area contributed by atoms with Crippen molar-refractivity contribution in [2.75, 3.05) is 0 Å². The van der Waals surface area contributed by atoms with Crippen LogP contribution in [0, 0.1) is 0 Å². The topological polar surface area (TPSA) is 71.9 Å². The number of alkyl halides is 6. The van der Waals surface area contributed by atoms with Gasteiger partial charge in [-0.3, -0.25) is 27.7 Å². The Hall–Kier alpha value is -4.02. The zero-order valence-electron chi connectivity index (χ0n) is 20.6. The molecule has 1 aromatic carbocycles. The minimum atomic E-state index is -4.62. The predicted octanol–water partition coefficient (Wildman–Crippen LogP) is 3.11. The van der Waals surface area contributed by atoms with Crippen LogP contribution in [0.2, 0.25) is 0 Å². The van der Waals surface area contributed by atoms with Crippen LogP contribution in [-0.4, -0.2) is 39.6 Å². The van der Waals surface area contributed by atoms with Gasteiger partial charge in [-0.15, -0.1) is 0 Å². The fraction of sp³-hybridized carbons (Fsp3) is 0.250. The van der Waals surface area contributed by atoms with Gasteiger partial charge in [0.05, 0.1) is 14.1 Å². The first-order valence-corrected chi connectivity index (χ1v) is 10.5. The van der Waals surface area contributed by atoms with Crippen LogP contribution in [0.5, 0.6) is 0 Å². The van der Waals surface area contributed by atoms with Crippen molar-refractivity contribution < 1.29 is 58.5 Å². The molecule has 0 spiro atoms. The van der Waals surface area contributed by atoms with E-state index in [1.807, 2.05) is 0 Å². The Kier molecular flexibility index (Phi) is 16.8. The van der Waals surface area contributed by atoms with Crippen LogP contribution in [0.3, 0.4) is 0 Å². The number of fused-ring (bicyclic) bond motifs is 1. The van der Waals surface area contributed by atoms with Crippen LogP contribution in [0.4, 0.5) is 39.3 Å². The number of benzene rings is 1. The molecule has 1 atom stereocenters. The normalized spacial score (nSPS) is 11.0. The molecule has 41 heavy (non-hydrogen) atoms. The minimum absolute atomic E-state index is 0. The largest absolute Gasteiger partial charge is 1.00 e. The van der Waals surface area contributed by atoms with E-state index in [-0.39, 0.29) is 17.7 Å². The van der Waals surface area contributed by atoms with Crippen LogP contribution < -0.4 is 9.27 Å². The first kappa shape index (κ1) is 39.1. The monoisotopic (exact) mass is 602 g/mol. The molecule has 226 valence electrons. The van der Waals surface area contributed by atoms with Crippen molar-refractivity contribution in [3.8, 4) is 0 Å². The van der Waals surface area contributed by atoms with Gasteiger partial charge in [0.15, 0.2) is 23.4 Å². The number of hydrogen-bond acceptors (Lipinski definition) is 4. The van der Waals surface area contributed by atoms with Crippen molar-refractivity contribution in [2.24, 2.45) is 14.1 Å². The second-order valence-electron chi connectivity index (χ2n) is 7.31. The molecule has 6 nitrogen and oxygen atoms in total. The van der Waals surface area contributed by atoms with E-state index in [9.17, 15) is 44.1 Å². The zero-order chi connectivity index (χ0) is 29.8.